The van der Waals surface area contributed by atoms with Crippen LogP contribution in [0.25, 0.3) is 10.9 Å². The second-order valence-electron chi connectivity index (χ2n) is 7.53. The molecule has 0 unspecified atom stereocenters. The van der Waals surface area contributed by atoms with Crippen molar-refractivity contribution in [2.24, 2.45) is 5.41 Å². The lowest BCUT2D eigenvalue weighted by atomic mass is 9.86. The molecule has 1 saturated heterocycles. The Morgan fingerprint density at radius 1 is 1.18 bits per heavy atom. The van der Waals surface area contributed by atoms with Crippen LogP contribution in [0.4, 0.5) is 0 Å². The summed E-state index contributed by atoms with van der Waals surface area (Å²) in [6, 6.07) is 8.54. The van der Waals surface area contributed by atoms with E-state index in [9.17, 15) is 4.79 Å². The number of carbonyl (C=O) groups is 1. The number of para-hydroxylation sites is 1. The van der Waals surface area contributed by atoms with Crippen LogP contribution >= 0.6 is 0 Å². The van der Waals surface area contributed by atoms with Crippen LogP contribution in [0.3, 0.4) is 0 Å². The maximum atomic E-state index is 12.4. The van der Waals surface area contributed by atoms with Crippen molar-refractivity contribution in [2.75, 3.05) is 13.1 Å². The quantitative estimate of drug-likeness (QED) is 0.840. The fraction of sp³-hybridized carbons (Fsp3) is 0.526. The molecule has 3 heteroatoms. The summed E-state index contributed by atoms with van der Waals surface area (Å²) in [4.78, 5) is 18.0. The van der Waals surface area contributed by atoms with Gasteiger partial charge in [-0.25, -0.2) is 0 Å². The fourth-order valence-corrected chi connectivity index (χ4v) is 3.67. The van der Waals surface area contributed by atoms with Gasteiger partial charge in [0.1, 0.15) is 0 Å². The van der Waals surface area contributed by atoms with Crippen LogP contribution in [-0.2, 0) is 4.79 Å². The standard InChI is InChI=1S/C19H26N2O/c1-13-17(15-7-5-6-8-16(15)20-13)14-9-11-21(12-10-14)18(22)19(2,3)4/h5-8,14,20H,9-12H2,1-4H3. The van der Waals surface area contributed by atoms with E-state index >= 15 is 0 Å². The fourth-order valence-electron chi connectivity index (χ4n) is 3.67. The summed E-state index contributed by atoms with van der Waals surface area (Å²) in [5, 5.41) is 1.35. The van der Waals surface area contributed by atoms with Gasteiger partial charge in [0, 0.05) is 35.1 Å². The molecule has 3 nitrogen and oxygen atoms in total. The predicted octanol–water partition coefficient (Wildman–Crippen LogP) is 4.23. The van der Waals surface area contributed by atoms with Crippen LogP contribution in [0.2, 0.25) is 0 Å². The highest BCUT2D eigenvalue weighted by Crippen LogP contribution is 2.36. The highest BCUT2D eigenvalue weighted by molar-refractivity contribution is 5.85. The number of aromatic nitrogens is 1. The molecule has 1 fully saturated rings. The first-order valence-corrected chi connectivity index (χ1v) is 8.24. The number of H-pyrrole nitrogens is 1. The minimum atomic E-state index is -0.274. The molecule has 3 rings (SSSR count). The molecule has 2 aromatic rings. The third-order valence-corrected chi connectivity index (χ3v) is 4.78. The minimum absolute atomic E-state index is 0.274. The molecule has 1 aromatic carbocycles. The molecule has 118 valence electrons. The molecular weight excluding hydrogens is 272 g/mol. The van der Waals surface area contributed by atoms with Gasteiger partial charge in [0.15, 0.2) is 0 Å². The Morgan fingerprint density at radius 2 is 1.82 bits per heavy atom. The highest BCUT2D eigenvalue weighted by atomic mass is 16.2. The lowest BCUT2D eigenvalue weighted by molar-refractivity contribution is -0.140. The second kappa shape index (κ2) is 5.45. The molecule has 0 radical (unpaired) electrons. The summed E-state index contributed by atoms with van der Waals surface area (Å²) in [5.41, 5.74) is 3.69. The van der Waals surface area contributed by atoms with Gasteiger partial charge in [0.05, 0.1) is 0 Å². The van der Waals surface area contributed by atoms with Crippen LogP contribution < -0.4 is 0 Å². The van der Waals surface area contributed by atoms with Gasteiger partial charge < -0.3 is 9.88 Å². The summed E-state index contributed by atoms with van der Waals surface area (Å²) >= 11 is 0. The van der Waals surface area contributed by atoms with Crippen molar-refractivity contribution in [2.45, 2.75) is 46.5 Å². The van der Waals surface area contributed by atoms with E-state index < -0.39 is 0 Å². The molecule has 0 aliphatic carbocycles. The molecule has 1 N–H and O–H groups in total. The van der Waals surface area contributed by atoms with E-state index in [4.69, 9.17) is 0 Å². The van der Waals surface area contributed by atoms with Gasteiger partial charge in [-0.2, -0.15) is 0 Å². The predicted molar refractivity (Wildman–Crippen MR) is 91.0 cm³/mol. The van der Waals surface area contributed by atoms with Crippen molar-refractivity contribution in [1.82, 2.24) is 9.88 Å². The average molecular weight is 298 g/mol. The van der Waals surface area contributed by atoms with E-state index in [0.717, 1.165) is 25.9 Å². The van der Waals surface area contributed by atoms with E-state index in [1.54, 1.807) is 0 Å². The topological polar surface area (TPSA) is 36.1 Å². The SMILES string of the molecule is Cc1[nH]c2ccccc2c1C1CCN(C(=O)C(C)(C)C)CC1. The third-order valence-electron chi connectivity index (χ3n) is 4.78. The normalized spacial score (nSPS) is 17.2. The number of aromatic amines is 1. The van der Waals surface area contributed by atoms with Gasteiger partial charge >= 0.3 is 0 Å². The molecule has 1 amide bonds. The van der Waals surface area contributed by atoms with Crippen molar-refractivity contribution in [3.05, 3.63) is 35.5 Å². The van der Waals surface area contributed by atoms with Crippen LogP contribution in [0, 0.1) is 12.3 Å². The Morgan fingerprint density at radius 3 is 2.45 bits per heavy atom. The molecule has 0 spiro atoms. The molecule has 0 atom stereocenters. The van der Waals surface area contributed by atoms with Gasteiger partial charge in [-0.3, -0.25) is 4.79 Å². The average Bonchev–Trinajstić information content (AvgIpc) is 2.81. The smallest absolute Gasteiger partial charge is 0.227 e. The number of aryl methyl sites for hydroxylation is 1. The van der Waals surface area contributed by atoms with Crippen molar-refractivity contribution in [3.63, 3.8) is 0 Å². The monoisotopic (exact) mass is 298 g/mol. The van der Waals surface area contributed by atoms with Crippen molar-refractivity contribution < 1.29 is 4.79 Å². The van der Waals surface area contributed by atoms with Crippen molar-refractivity contribution in [1.29, 1.82) is 0 Å². The number of likely N-dealkylation sites (tertiary alicyclic amines) is 1. The summed E-state index contributed by atoms with van der Waals surface area (Å²) in [7, 11) is 0. The van der Waals surface area contributed by atoms with Gasteiger partial charge in [0.2, 0.25) is 5.91 Å². The number of hydrogen-bond donors (Lipinski definition) is 1. The molecule has 0 saturated carbocycles. The Bertz CT molecular complexity index is 685. The highest BCUT2D eigenvalue weighted by Gasteiger charge is 2.31. The maximum absolute atomic E-state index is 12.4. The first-order valence-electron chi connectivity index (χ1n) is 8.24. The Hall–Kier alpha value is -1.77. The van der Waals surface area contributed by atoms with Crippen molar-refractivity contribution in [3.8, 4) is 0 Å². The van der Waals surface area contributed by atoms with E-state index in [2.05, 4.69) is 36.2 Å². The van der Waals surface area contributed by atoms with E-state index in [1.807, 2.05) is 25.7 Å². The number of piperidine rings is 1. The van der Waals surface area contributed by atoms with Crippen LogP contribution in [0.5, 0.6) is 0 Å². The van der Waals surface area contributed by atoms with Gasteiger partial charge in [-0.05, 0) is 37.3 Å². The number of benzene rings is 1. The Balaban J connectivity index is 1.79. The van der Waals surface area contributed by atoms with Crippen LogP contribution in [0.15, 0.2) is 24.3 Å². The maximum Gasteiger partial charge on any atom is 0.227 e. The lowest BCUT2D eigenvalue weighted by Gasteiger charge is -2.36. The molecule has 1 aromatic heterocycles. The number of rotatable bonds is 1. The molecule has 1 aliphatic rings. The summed E-state index contributed by atoms with van der Waals surface area (Å²) in [6.45, 7) is 9.93. The zero-order chi connectivity index (χ0) is 15.9. The Kier molecular flexibility index (Phi) is 3.75. The number of fused-ring (bicyclic) bond motifs is 1. The number of nitrogens with zero attached hydrogens (tertiary/aromatic N) is 1. The van der Waals surface area contributed by atoms with Crippen molar-refractivity contribution >= 4 is 16.8 Å². The Labute approximate surface area is 132 Å². The summed E-state index contributed by atoms with van der Waals surface area (Å²) in [6.07, 6.45) is 2.12. The number of amides is 1. The first-order chi connectivity index (χ1) is 10.4. The van der Waals surface area contributed by atoms with Gasteiger partial charge in [-0.15, -0.1) is 0 Å². The zero-order valence-electron chi connectivity index (χ0n) is 14.1. The third kappa shape index (κ3) is 2.65. The minimum Gasteiger partial charge on any atom is -0.358 e. The number of nitrogens with one attached hydrogen (secondary N) is 1. The van der Waals surface area contributed by atoms with E-state index in [1.165, 1.54) is 22.2 Å². The van der Waals surface area contributed by atoms with E-state index in [-0.39, 0.29) is 11.3 Å². The number of carbonyl (C=O) groups excluding carboxylic acids is 1. The van der Waals surface area contributed by atoms with Gasteiger partial charge in [-0.1, -0.05) is 39.0 Å². The molecule has 1 aliphatic heterocycles. The van der Waals surface area contributed by atoms with Gasteiger partial charge in [0.25, 0.3) is 0 Å². The second-order valence-corrected chi connectivity index (χ2v) is 7.53. The summed E-state index contributed by atoms with van der Waals surface area (Å²) < 4.78 is 0. The lowest BCUT2D eigenvalue weighted by Crippen LogP contribution is -2.43. The molecule has 2 heterocycles. The number of hydrogen-bond acceptors (Lipinski definition) is 1. The van der Waals surface area contributed by atoms with Crippen LogP contribution in [-0.4, -0.2) is 28.9 Å². The van der Waals surface area contributed by atoms with E-state index in [0.29, 0.717) is 5.92 Å². The van der Waals surface area contributed by atoms with Crippen LogP contribution in [0.1, 0.15) is 50.8 Å². The molecule has 22 heavy (non-hydrogen) atoms. The largest absolute Gasteiger partial charge is 0.358 e. The zero-order valence-corrected chi connectivity index (χ0v) is 14.1. The molecular formula is C19H26N2O. The molecule has 0 bridgehead atoms. The summed E-state index contributed by atoms with van der Waals surface area (Å²) in [5.74, 6) is 0.835. The first kappa shape index (κ1) is 15.1.